The van der Waals surface area contributed by atoms with E-state index in [0.29, 0.717) is 31.6 Å². The number of carbonyl (C=O) groups excluding carboxylic acids is 2. The second kappa shape index (κ2) is 10.2. The zero-order chi connectivity index (χ0) is 23.2. The molecule has 5 nitrogen and oxygen atoms in total. The molecule has 0 aliphatic carbocycles. The molecule has 0 radical (unpaired) electrons. The molecule has 1 aliphatic heterocycles. The fourth-order valence-corrected chi connectivity index (χ4v) is 4.18. The third-order valence-electron chi connectivity index (χ3n) is 5.90. The SMILES string of the molecule is C=CCN1CCN(C(=O)c2cccc(F)c2)C[C@H](Cc2ccc(-c3ccncc3)cc2)C1=O. The summed E-state index contributed by atoms with van der Waals surface area (Å²) >= 11 is 0. The average molecular weight is 444 g/mol. The second-order valence-corrected chi connectivity index (χ2v) is 8.17. The summed E-state index contributed by atoms with van der Waals surface area (Å²) in [5.74, 6) is -1.11. The lowest BCUT2D eigenvalue weighted by Crippen LogP contribution is -2.38. The number of halogens is 1. The van der Waals surface area contributed by atoms with Gasteiger partial charge in [0.25, 0.3) is 5.91 Å². The number of aromatic nitrogens is 1. The van der Waals surface area contributed by atoms with Gasteiger partial charge in [0.1, 0.15) is 5.82 Å². The van der Waals surface area contributed by atoms with Crippen LogP contribution >= 0.6 is 0 Å². The van der Waals surface area contributed by atoms with Gasteiger partial charge in [-0.25, -0.2) is 4.39 Å². The van der Waals surface area contributed by atoms with Gasteiger partial charge < -0.3 is 9.80 Å². The van der Waals surface area contributed by atoms with Crippen molar-refractivity contribution in [1.29, 1.82) is 0 Å². The monoisotopic (exact) mass is 443 g/mol. The first-order valence-electron chi connectivity index (χ1n) is 11.0. The summed E-state index contributed by atoms with van der Waals surface area (Å²) in [5.41, 5.74) is 3.46. The lowest BCUT2D eigenvalue weighted by Gasteiger charge is -2.24. The molecule has 0 N–H and O–H groups in total. The van der Waals surface area contributed by atoms with Crippen LogP contribution in [0.25, 0.3) is 11.1 Å². The second-order valence-electron chi connectivity index (χ2n) is 8.17. The van der Waals surface area contributed by atoms with Crippen molar-refractivity contribution < 1.29 is 14.0 Å². The molecule has 1 saturated heterocycles. The summed E-state index contributed by atoms with van der Waals surface area (Å²) in [5, 5.41) is 0. The number of hydrogen-bond donors (Lipinski definition) is 0. The van der Waals surface area contributed by atoms with E-state index in [4.69, 9.17) is 0 Å². The predicted molar refractivity (Wildman–Crippen MR) is 126 cm³/mol. The van der Waals surface area contributed by atoms with Crippen molar-refractivity contribution in [3.05, 3.63) is 103 Å². The van der Waals surface area contributed by atoms with Crippen molar-refractivity contribution in [2.75, 3.05) is 26.2 Å². The number of carbonyl (C=O) groups is 2. The lowest BCUT2D eigenvalue weighted by molar-refractivity contribution is -0.134. The standard InChI is InChI=1S/C27H26FN3O2/c1-2-14-30-15-16-31(26(32)23-4-3-5-25(28)18-23)19-24(27(30)33)17-20-6-8-21(9-7-20)22-10-12-29-13-11-22/h2-13,18,24H,1,14-17,19H2/t24-/m0/s1. The van der Waals surface area contributed by atoms with Gasteiger partial charge in [-0.1, -0.05) is 36.4 Å². The van der Waals surface area contributed by atoms with E-state index in [1.165, 1.54) is 18.2 Å². The Labute approximate surface area is 193 Å². The van der Waals surface area contributed by atoms with Crippen molar-refractivity contribution in [2.45, 2.75) is 6.42 Å². The number of nitrogens with zero attached hydrogens (tertiary/aromatic N) is 3. The van der Waals surface area contributed by atoms with Gasteiger partial charge in [0.2, 0.25) is 5.91 Å². The summed E-state index contributed by atoms with van der Waals surface area (Å²) in [6.45, 7) is 5.29. The van der Waals surface area contributed by atoms with Crippen LogP contribution in [0.15, 0.2) is 85.7 Å². The van der Waals surface area contributed by atoms with Crippen LogP contribution in [-0.4, -0.2) is 52.8 Å². The first kappa shape index (κ1) is 22.4. The molecule has 1 aromatic heterocycles. The smallest absolute Gasteiger partial charge is 0.254 e. The van der Waals surface area contributed by atoms with Crippen LogP contribution in [0.4, 0.5) is 4.39 Å². The van der Waals surface area contributed by atoms with Gasteiger partial charge in [-0.2, -0.15) is 0 Å². The van der Waals surface area contributed by atoms with Crippen LogP contribution < -0.4 is 0 Å². The van der Waals surface area contributed by atoms with Crippen LogP contribution in [0, 0.1) is 11.7 Å². The van der Waals surface area contributed by atoms with Crippen LogP contribution in [-0.2, 0) is 11.2 Å². The molecule has 6 heteroatoms. The Morgan fingerprint density at radius 2 is 1.79 bits per heavy atom. The van der Waals surface area contributed by atoms with Crippen molar-refractivity contribution in [3.63, 3.8) is 0 Å². The fourth-order valence-electron chi connectivity index (χ4n) is 4.18. The number of pyridine rings is 1. The topological polar surface area (TPSA) is 53.5 Å². The molecule has 3 aromatic rings. The number of amides is 2. The Balaban J connectivity index is 1.55. The van der Waals surface area contributed by atoms with E-state index in [1.807, 2.05) is 36.4 Å². The van der Waals surface area contributed by atoms with E-state index in [0.717, 1.165) is 16.7 Å². The normalized spacial score (nSPS) is 16.4. The summed E-state index contributed by atoms with van der Waals surface area (Å²) in [6.07, 6.45) is 5.72. The van der Waals surface area contributed by atoms with Crippen LogP contribution in [0.2, 0.25) is 0 Å². The maximum Gasteiger partial charge on any atom is 0.254 e. The molecule has 168 valence electrons. The first-order chi connectivity index (χ1) is 16.0. The third kappa shape index (κ3) is 5.34. The molecule has 0 unspecified atom stereocenters. The molecule has 1 atom stereocenters. The van der Waals surface area contributed by atoms with E-state index >= 15 is 0 Å². The van der Waals surface area contributed by atoms with Crippen LogP contribution in [0.1, 0.15) is 15.9 Å². The van der Waals surface area contributed by atoms with E-state index in [9.17, 15) is 14.0 Å². The Bertz CT molecular complexity index is 1130. The highest BCUT2D eigenvalue weighted by Crippen LogP contribution is 2.22. The number of hydrogen-bond acceptors (Lipinski definition) is 3. The summed E-state index contributed by atoms with van der Waals surface area (Å²) in [7, 11) is 0. The molecule has 1 aliphatic rings. The predicted octanol–water partition coefficient (Wildman–Crippen LogP) is 4.22. The van der Waals surface area contributed by atoms with Gasteiger partial charge in [-0.3, -0.25) is 14.6 Å². The van der Waals surface area contributed by atoms with Gasteiger partial charge in [0.05, 0.1) is 5.92 Å². The molecule has 0 spiro atoms. The highest BCUT2D eigenvalue weighted by Gasteiger charge is 2.32. The number of benzene rings is 2. The molecular weight excluding hydrogens is 417 g/mol. The largest absolute Gasteiger partial charge is 0.337 e. The molecule has 2 heterocycles. The quantitative estimate of drug-likeness (QED) is 0.536. The Morgan fingerprint density at radius 1 is 1.06 bits per heavy atom. The van der Waals surface area contributed by atoms with E-state index in [1.54, 1.807) is 34.3 Å². The Morgan fingerprint density at radius 3 is 2.48 bits per heavy atom. The molecule has 2 amide bonds. The van der Waals surface area contributed by atoms with E-state index in [2.05, 4.69) is 11.6 Å². The minimum atomic E-state index is -0.453. The molecule has 0 bridgehead atoms. The molecular formula is C27H26FN3O2. The van der Waals surface area contributed by atoms with Gasteiger partial charge in [0, 0.05) is 44.1 Å². The zero-order valence-electron chi connectivity index (χ0n) is 18.4. The first-order valence-corrected chi connectivity index (χ1v) is 11.0. The van der Waals surface area contributed by atoms with Gasteiger partial charge in [-0.15, -0.1) is 6.58 Å². The maximum absolute atomic E-state index is 13.7. The molecule has 0 saturated carbocycles. The van der Waals surface area contributed by atoms with Crippen LogP contribution in [0.5, 0.6) is 0 Å². The molecule has 1 fully saturated rings. The highest BCUT2D eigenvalue weighted by molar-refractivity contribution is 5.95. The number of rotatable bonds is 6. The van der Waals surface area contributed by atoms with E-state index in [-0.39, 0.29) is 18.4 Å². The van der Waals surface area contributed by atoms with Crippen molar-refractivity contribution in [3.8, 4) is 11.1 Å². The van der Waals surface area contributed by atoms with Gasteiger partial charge >= 0.3 is 0 Å². The fraction of sp³-hybridized carbons (Fsp3) is 0.222. The Kier molecular flexibility index (Phi) is 6.93. The van der Waals surface area contributed by atoms with Crippen molar-refractivity contribution in [2.24, 2.45) is 5.92 Å². The lowest BCUT2D eigenvalue weighted by atomic mass is 9.95. The minimum absolute atomic E-state index is 0.00246. The molecule has 4 rings (SSSR count). The highest BCUT2D eigenvalue weighted by atomic mass is 19.1. The summed E-state index contributed by atoms with van der Waals surface area (Å²) < 4.78 is 13.7. The van der Waals surface area contributed by atoms with E-state index < -0.39 is 11.7 Å². The minimum Gasteiger partial charge on any atom is -0.337 e. The third-order valence-corrected chi connectivity index (χ3v) is 5.90. The molecule has 2 aromatic carbocycles. The van der Waals surface area contributed by atoms with Crippen molar-refractivity contribution >= 4 is 11.8 Å². The summed E-state index contributed by atoms with van der Waals surface area (Å²) in [6, 6.07) is 17.7. The maximum atomic E-state index is 13.7. The van der Waals surface area contributed by atoms with Gasteiger partial charge in [-0.05, 0) is 53.4 Å². The Hall–Kier alpha value is -3.80. The average Bonchev–Trinajstić information content (AvgIpc) is 2.99. The summed E-state index contributed by atoms with van der Waals surface area (Å²) in [4.78, 5) is 33.8. The van der Waals surface area contributed by atoms with Crippen molar-refractivity contribution in [1.82, 2.24) is 14.8 Å². The molecule has 33 heavy (non-hydrogen) atoms. The van der Waals surface area contributed by atoms with Gasteiger partial charge in [0.15, 0.2) is 0 Å². The zero-order valence-corrected chi connectivity index (χ0v) is 18.4. The van der Waals surface area contributed by atoms with Crippen LogP contribution in [0.3, 0.4) is 0 Å².